The Morgan fingerprint density at radius 1 is 1.40 bits per heavy atom. The second kappa shape index (κ2) is 7.92. The smallest absolute Gasteiger partial charge is 0.407 e. The van der Waals surface area contributed by atoms with E-state index in [9.17, 15) is 9.59 Å². The predicted molar refractivity (Wildman–Crippen MR) is 102 cm³/mol. The molecule has 1 unspecified atom stereocenters. The van der Waals surface area contributed by atoms with Crippen molar-refractivity contribution in [2.45, 2.75) is 65.6 Å². The summed E-state index contributed by atoms with van der Waals surface area (Å²) in [6.45, 7) is 9.96. The van der Waals surface area contributed by atoms with Crippen molar-refractivity contribution in [2.75, 3.05) is 6.61 Å². The highest BCUT2D eigenvalue weighted by Gasteiger charge is 2.35. The van der Waals surface area contributed by atoms with Crippen LogP contribution in [-0.4, -0.2) is 40.1 Å². The Morgan fingerprint density at radius 3 is 2.56 bits per heavy atom. The third-order valence-electron chi connectivity index (χ3n) is 3.91. The summed E-state index contributed by atoms with van der Waals surface area (Å²) in [6, 6.07) is -0.0701. The SMILES string of the molecule is CCOC(=O)c1c(I)nn(CC(NC(=O)OC(C)(C)C)C2CC2)c1C. The van der Waals surface area contributed by atoms with E-state index in [2.05, 4.69) is 10.4 Å². The van der Waals surface area contributed by atoms with Gasteiger partial charge in [0, 0.05) is 0 Å². The van der Waals surface area contributed by atoms with E-state index in [4.69, 9.17) is 9.47 Å². The minimum atomic E-state index is -0.535. The number of carbonyl (C=O) groups is 2. The lowest BCUT2D eigenvalue weighted by Crippen LogP contribution is -2.42. The number of nitrogens with zero attached hydrogens (tertiary/aromatic N) is 2. The molecule has 1 aliphatic rings. The Morgan fingerprint density at radius 2 is 2.04 bits per heavy atom. The van der Waals surface area contributed by atoms with Crippen LogP contribution in [0.25, 0.3) is 0 Å². The Hall–Kier alpha value is -1.32. The lowest BCUT2D eigenvalue weighted by atomic mass is 10.1. The molecule has 140 valence electrons. The molecule has 7 nitrogen and oxygen atoms in total. The van der Waals surface area contributed by atoms with Crippen LogP contribution in [0, 0.1) is 16.5 Å². The van der Waals surface area contributed by atoms with Gasteiger partial charge in [0.05, 0.1) is 24.9 Å². The Labute approximate surface area is 162 Å². The summed E-state index contributed by atoms with van der Waals surface area (Å²) in [4.78, 5) is 24.2. The van der Waals surface area contributed by atoms with Gasteiger partial charge in [0.15, 0.2) is 0 Å². The van der Waals surface area contributed by atoms with E-state index in [1.54, 1.807) is 11.6 Å². The average Bonchev–Trinajstić information content (AvgIpc) is 3.24. The minimum Gasteiger partial charge on any atom is -0.462 e. The van der Waals surface area contributed by atoms with Gasteiger partial charge in [-0.25, -0.2) is 9.59 Å². The number of aromatic nitrogens is 2. The van der Waals surface area contributed by atoms with E-state index in [0.29, 0.717) is 28.3 Å². The fourth-order valence-corrected chi connectivity index (χ4v) is 3.45. The number of rotatable bonds is 6. The number of amides is 1. The highest BCUT2D eigenvalue weighted by atomic mass is 127. The van der Waals surface area contributed by atoms with Crippen LogP contribution < -0.4 is 5.32 Å². The number of hydrogen-bond acceptors (Lipinski definition) is 5. The number of hydrogen-bond donors (Lipinski definition) is 1. The molecule has 1 amide bonds. The van der Waals surface area contributed by atoms with Crippen LogP contribution in [0.2, 0.25) is 0 Å². The van der Waals surface area contributed by atoms with Gasteiger partial charge in [-0.3, -0.25) is 4.68 Å². The van der Waals surface area contributed by atoms with Gasteiger partial charge < -0.3 is 14.8 Å². The molecule has 0 spiro atoms. The number of nitrogens with one attached hydrogen (secondary N) is 1. The molecule has 0 saturated heterocycles. The summed E-state index contributed by atoms with van der Waals surface area (Å²) in [5, 5.41) is 7.41. The fraction of sp³-hybridized carbons (Fsp3) is 0.706. The van der Waals surface area contributed by atoms with Crippen molar-refractivity contribution < 1.29 is 19.1 Å². The van der Waals surface area contributed by atoms with Gasteiger partial charge in [-0.05, 0) is 76.0 Å². The highest BCUT2D eigenvalue weighted by Crippen LogP contribution is 2.34. The number of ether oxygens (including phenoxy) is 2. The Balaban J connectivity index is 2.11. The number of esters is 1. The summed E-state index contributed by atoms with van der Waals surface area (Å²) in [5.41, 5.74) is 0.709. The van der Waals surface area contributed by atoms with E-state index in [0.717, 1.165) is 18.5 Å². The molecular weight excluding hydrogens is 437 g/mol. The largest absolute Gasteiger partial charge is 0.462 e. The Kier molecular flexibility index (Phi) is 6.34. The van der Waals surface area contributed by atoms with E-state index >= 15 is 0 Å². The van der Waals surface area contributed by atoms with Crippen LogP contribution in [0.5, 0.6) is 0 Å². The van der Waals surface area contributed by atoms with Gasteiger partial charge in [0.25, 0.3) is 0 Å². The summed E-state index contributed by atoms with van der Waals surface area (Å²) in [5.74, 6) is 0.0542. The molecule has 1 atom stereocenters. The number of carbonyl (C=O) groups excluding carboxylic acids is 2. The maximum absolute atomic E-state index is 12.1. The quantitative estimate of drug-likeness (QED) is 0.518. The first-order valence-electron chi connectivity index (χ1n) is 8.52. The lowest BCUT2D eigenvalue weighted by Gasteiger charge is -2.24. The first-order valence-corrected chi connectivity index (χ1v) is 9.59. The van der Waals surface area contributed by atoms with Crippen LogP contribution in [0.4, 0.5) is 4.79 Å². The lowest BCUT2D eigenvalue weighted by molar-refractivity contribution is 0.0486. The number of halogens is 1. The van der Waals surface area contributed by atoms with Gasteiger partial charge in [-0.1, -0.05) is 0 Å². The molecule has 1 aromatic heterocycles. The first-order chi connectivity index (χ1) is 11.6. The van der Waals surface area contributed by atoms with Gasteiger partial charge in [0.1, 0.15) is 14.9 Å². The molecule has 8 heteroatoms. The van der Waals surface area contributed by atoms with E-state index < -0.39 is 11.7 Å². The van der Waals surface area contributed by atoms with Crippen molar-refractivity contribution in [1.29, 1.82) is 0 Å². The topological polar surface area (TPSA) is 82.5 Å². The average molecular weight is 463 g/mol. The zero-order valence-electron chi connectivity index (χ0n) is 15.4. The van der Waals surface area contributed by atoms with Crippen molar-refractivity contribution in [1.82, 2.24) is 15.1 Å². The number of alkyl carbamates (subject to hydrolysis) is 1. The maximum Gasteiger partial charge on any atom is 0.407 e. The third kappa shape index (κ3) is 5.58. The summed E-state index contributed by atoms with van der Waals surface area (Å²) < 4.78 is 12.8. The fourth-order valence-electron chi connectivity index (χ4n) is 2.58. The first kappa shape index (κ1) is 20.0. The van der Waals surface area contributed by atoms with Crippen molar-refractivity contribution in [3.05, 3.63) is 15.0 Å². The minimum absolute atomic E-state index is 0.0701. The van der Waals surface area contributed by atoms with Crippen LogP contribution in [-0.2, 0) is 16.0 Å². The normalized spacial score (nSPS) is 15.6. The maximum atomic E-state index is 12.1. The molecule has 0 bridgehead atoms. The van der Waals surface area contributed by atoms with Crippen molar-refractivity contribution in [2.24, 2.45) is 5.92 Å². The van der Waals surface area contributed by atoms with Crippen LogP contribution in [0.3, 0.4) is 0 Å². The second-order valence-electron chi connectivity index (χ2n) is 7.24. The van der Waals surface area contributed by atoms with Crippen molar-refractivity contribution in [3.8, 4) is 0 Å². The zero-order chi connectivity index (χ0) is 18.8. The molecule has 1 aliphatic carbocycles. The monoisotopic (exact) mass is 463 g/mol. The van der Waals surface area contributed by atoms with E-state index in [-0.39, 0.29) is 12.0 Å². The van der Waals surface area contributed by atoms with E-state index in [1.807, 2.05) is 50.3 Å². The molecule has 1 heterocycles. The predicted octanol–water partition coefficient (Wildman–Crippen LogP) is 3.28. The Bertz CT molecular complexity index is 647. The van der Waals surface area contributed by atoms with Gasteiger partial charge in [-0.15, -0.1) is 0 Å². The summed E-state index contributed by atoms with van der Waals surface area (Å²) in [7, 11) is 0. The summed E-state index contributed by atoms with van der Waals surface area (Å²) >= 11 is 2.04. The molecule has 1 fully saturated rings. The zero-order valence-corrected chi connectivity index (χ0v) is 17.5. The van der Waals surface area contributed by atoms with Crippen molar-refractivity contribution >= 4 is 34.7 Å². The summed E-state index contributed by atoms with van der Waals surface area (Å²) in [6.07, 6.45) is 1.72. The van der Waals surface area contributed by atoms with Crippen LogP contribution in [0.15, 0.2) is 0 Å². The second-order valence-corrected chi connectivity index (χ2v) is 8.27. The standard InChI is InChI=1S/C17H26IN3O4/c1-6-24-15(22)13-10(2)21(20-14(13)18)9-12(11-7-8-11)19-16(23)25-17(3,4)5/h11-12H,6-9H2,1-5H3,(H,19,23). The van der Waals surface area contributed by atoms with Crippen molar-refractivity contribution in [3.63, 3.8) is 0 Å². The third-order valence-corrected chi connectivity index (χ3v) is 4.66. The molecule has 1 saturated carbocycles. The molecule has 0 aliphatic heterocycles. The molecule has 0 aromatic carbocycles. The molecule has 0 radical (unpaired) electrons. The molecule has 1 aromatic rings. The van der Waals surface area contributed by atoms with Gasteiger partial charge in [0.2, 0.25) is 0 Å². The van der Waals surface area contributed by atoms with Gasteiger partial charge >= 0.3 is 12.1 Å². The molecule has 2 rings (SSSR count). The molecular formula is C17H26IN3O4. The van der Waals surface area contributed by atoms with Gasteiger partial charge in [-0.2, -0.15) is 5.10 Å². The molecule has 1 N–H and O–H groups in total. The van der Waals surface area contributed by atoms with Crippen LogP contribution >= 0.6 is 22.6 Å². The van der Waals surface area contributed by atoms with Crippen LogP contribution in [0.1, 0.15) is 56.6 Å². The van der Waals surface area contributed by atoms with E-state index in [1.165, 1.54) is 0 Å². The highest BCUT2D eigenvalue weighted by molar-refractivity contribution is 14.1. The molecule has 25 heavy (non-hydrogen) atoms.